The maximum Gasteiger partial charge on any atom is 0.0640 e. The third kappa shape index (κ3) is 4.32. The van der Waals surface area contributed by atoms with Gasteiger partial charge in [-0.3, -0.25) is 4.68 Å². The topological polar surface area (TPSA) is 43.8 Å². The van der Waals surface area contributed by atoms with Crippen LogP contribution in [0.2, 0.25) is 0 Å². The minimum atomic E-state index is 0.270. The zero-order chi connectivity index (χ0) is 15.5. The molecule has 0 amide bonds. The highest BCUT2D eigenvalue weighted by atomic mass is 15.3. The fourth-order valence-electron chi connectivity index (χ4n) is 3.61. The molecule has 120 valence electrons. The number of nitrogens with zero attached hydrogens (tertiary/aromatic N) is 2. The summed E-state index contributed by atoms with van der Waals surface area (Å²) >= 11 is 0. The first-order chi connectivity index (χ1) is 9.95. The van der Waals surface area contributed by atoms with Gasteiger partial charge in [0.15, 0.2) is 0 Å². The van der Waals surface area contributed by atoms with Gasteiger partial charge in [0.1, 0.15) is 0 Å². The van der Waals surface area contributed by atoms with E-state index in [0.717, 1.165) is 19.3 Å². The Morgan fingerprint density at radius 1 is 1.29 bits per heavy atom. The average molecular weight is 291 g/mol. The summed E-state index contributed by atoms with van der Waals surface area (Å²) < 4.78 is 2.13. The van der Waals surface area contributed by atoms with Crippen LogP contribution in [0, 0.1) is 11.3 Å². The Morgan fingerprint density at radius 2 is 1.90 bits per heavy atom. The van der Waals surface area contributed by atoms with Crippen LogP contribution in [0.15, 0.2) is 12.3 Å². The van der Waals surface area contributed by atoms with E-state index in [4.69, 9.17) is 10.8 Å². The minimum Gasteiger partial charge on any atom is -0.327 e. The van der Waals surface area contributed by atoms with Gasteiger partial charge in [0.25, 0.3) is 0 Å². The zero-order valence-corrected chi connectivity index (χ0v) is 14.3. The lowest BCUT2D eigenvalue weighted by molar-refractivity contribution is 0.172. The Hall–Kier alpha value is -0.830. The van der Waals surface area contributed by atoms with Gasteiger partial charge in [-0.1, -0.05) is 27.7 Å². The van der Waals surface area contributed by atoms with Crippen molar-refractivity contribution in [2.75, 3.05) is 0 Å². The van der Waals surface area contributed by atoms with Gasteiger partial charge in [0.2, 0.25) is 0 Å². The third-order valence-electron chi connectivity index (χ3n) is 5.41. The Morgan fingerprint density at radius 3 is 2.48 bits per heavy atom. The number of aromatic nitrogens is 2. The first-order valence-corrected chi connectivity index (χ1v) is 8.74. The van der Waals surface area contributed by atoms with E-state index in [9.17, 15) is 0 Å². The molecule has 1 heterocycles. The van der Waals surface area contributed by atoms with Gasteiger partial charge >= 0.3 is 0 Å². The largest absolute Gasteiger partial charge is 0.327 e. The molecule has 3 nitrogen and oxygen atoms in total. The molecule has 0 radical (unpaired) electrons. The highest BCUT2D eigenvalue weighted by Crippen LogP contribution is 2.39. The number of hydrogen-bond acceptors (Lipinski definition) is 2. The summed E-state index contributed by atoms with van der Waals surface area (Å²) in [6, 6.07) is 2.96. The van der Waals surface area contributed by atoms with Crippen LogP contribution in [-0.2, 0) is 6.42 Å². The molecular formula is C18H33N3. The van der Waals surface area contributed by atoms with E-state index < -0.39 is 0 Å². The summed E-state index contributed by atoms with van der Waals surface area (Å²) in [6.07, 6.45) is 10.5. The van der Waals surface area contributed by atoms with Crippen molar-refractivity contribution in [3.63, 3.8) is 0 Å². The standard InChI is InChI=1S/C18H33N3/c1-5-16(6-2)21-12-9-15(20-21)13-17(19)14-7-10-18(3,4)11-8-14/h9,12,14,16-17H,5-8,10-11,13,19H2,1-4H3. The Kier molecular flexibility index (Phi) is 5.48. The first-order valence-electron chi connectivity index (χ1n) is 8.74. The molecule has 1 fully saturated rings. The van der Waals surface area contributed by atoms with Crippen LogP contribution in [0.3, 0.4) is 0 Å². The Bertz CT molecular complexity index is 421. The average Bonchev–Trinajstić information content (AvgIpc) is 2.88. The molecule has 1 saturated carbocycles. The second-order valence-electron chi connectivity index (χ2n) is 7.63. The smallest absolute Gasteiger partial charge is 0.0640 e. The lowest BCUT2D eigenvalue weighted by atomic mass is 9.71. The van der Waals surface area contributed by atoms with Crippen molar-refractivity contribution in [2.45, 2.75) is 84.7 Å². The predicted molar refractivity (Wildman–Crippen MR) is 89.3 cm³/mol. The highest BCUT2D eigenvalue weighted by molar-refractivity contribution is 5.03. The van der Waals surface area contributed by atoms with Crippen LogP contribution >= 0.6 is 0 Å². The predicted octanol–water partition coefficient (Wildman–Crippen LogP) is 4.33. The van der Waals surface area contributed by atoms with Crippen LogP contribution < -0.4 is 5.73 Å². The summed E-state index contributed by atoms with van der Waals surface area (Å²) in [5.74, 6) is 0.677. The molecule has 1 atom stereocenters. The Labute approximate surface area is 130 Å². The van der Waals surface area contributed by atoms with Gasteiger partial charge in [-0.25, -0.2) is 0 Å². The number of hydrogen-bond donors (Lipinski definition) is 1. The van der Waals surface area contributed by atoms with E-state index in [2.05, 4.69) is 44.6 Å². The van der Waals surface area contributed by atoms with E-state index in [0.29, 0.717) is 17.4 Å². The number of nitrogens with two attached hydrogens (primary N) is 1. The van der Waals surface area contributed by atoms with Crippen molar-refractivity contribution in [3.05, 3.63) is 18.0 Å². The van der Waals surface area contributed by atoms with E-state index in [1.807, 2.05) is 0 Å². The maximum absolute atomic E-state index is 6.47. The molecule has 1 aliphatic carbocycles. The van der Waals surface area contributed by atoms with E-state index >= 15 is 0 Å². The van der Waals surface area contributed by atoms with Crippen molar-refractivity contribution in [3.8, 4) is 0 Å². The molecule has 1 aromatic heterocycles. The van der Waals surface area contributed by atoms with Crippen LogP contribution in [0.1, 0.15) is 78.0 Å². The lowest BCUT2D eigenvalue weighted by Gasteiger charge is -2.36. The van der Waals surface area contributed by atoms with Crippen molar-refractivity contribution in [1.29, 1.82) is 0 Å². The lowest BCUT2D eigenvalue weighted by Crippen LogP contribution is -2.36. The first kappa shape index (κ1) is 16.5. The monoisotopic (exact) mass is 291 g/mol. The van der Waals surface area contributed by atoms with Crippen LogP contribution in [-0.4, -0.2) is 15.8 Å². The quantitative estimate of drug-likeness (QED) is 0.847. The molecule has 1 unspecified atom stereocenters. The molecule has 21 heavy (non-hydrogen) atoms. The molecule has 2 rings (SSSR count). The molecule has 2 N–H and O–H groups in total. The molecule has 0 aromatic carbocycles. The second-order valence-corrected chi connectivity index (χ2v) is 7.63. The van der Waals surface area contributed by atoms with E-state index in [1.54, 1.807) is 0 Å². The van der Waals surface area contributed by atoms with Crippen LogP contribution in [0.5, 0.6) is 0 Å². The van der Waals surface area contributed by atoms with Gasteiger partial charge in [0, 0.05) is 18.7 Å². The van der Waals surface area contributed by atoms with Crippen molar-refractivity contribution in [2.24, 2.45) is 17.1 Å². The van der Waals surface area contributed by atoms with Gasteiger partial charge in [-0.15, -0.1) is 0 Å². The SMILES string of the molecule is CCC(CC)n1ccc(CC(N)C2CCC(C)(C)CC2)n1. The van der Waals surface area contributed by atoms with Gasteiger partial charge in [-0.05, 0) is 55.9 Å². The molecule has 0 bridgehead atoms. The summed E-state index contributed by atoms with van der Waals surface area (Å²) in [4.78, 5) is 0. The zero-order valence-electron chi connectivity index (χ0n) is 14.3. The molecular weight excluding hydrogens is 258 g/mol. The van der Waals surface area contributed by atoms with E-state index in [-0.39, 0.29) is 6.04 Å². The molecule has 1 aliphatic rings. The van der Waals surface area contributed by atoms with Gasteiger partial charge in [-0.2, -0.15) is 5.10 Å². The molecule has 0 saturated heterocycles. The molecule has 3 heteroatoms. The maximum atomic E-state index is 6.47. The molecule has 1 aromatic rings. The second kappa shape index (κ2) is 6.95. The summed E-state index contributed by atoms with van der Waals surface area (Å²) in [7, 11) is 0. The summed E-state index contributed by atoms with van der Waals surface area (Å²) in [5, 5.41) is 4.75. The Balaban J connectivity index is 1.90. The normalized spacial score (nSPS) is 20.9. The van der Waals surface area contributed by atoms with Crippen molar-refractivity contribution < 1.29 is 0 Å². The van der Waals surface area contributed by atoms with Crippen molar-refractivity contribution >= 4 is 0 Å². The minimum absolute atomic E-state index is 0.270. The van der Waals surface area contributed by atoms with Crippen molar-refractivity contribution in [1.82, 2.24) is 9.78 Å². The van der Waals surface area contributed by atoms with Crippen LogP contribution in [0.25, 0.3) is 0 Å². The fraction of sp³-hybridized carbons (Fsp3) is 0.833. The molecule has 0 aliphatic heterocycles. The summed E-state index contributed by atoms with van der Waals surface area (Å²) in [5.41, 5.74) is 8.16. The number of rotatable bonds is 6. The fourth-order valence-corrected chi connectivity index (χ4v) is 3.61. The van der Waals surface area contributed by atoms with Gasteiger partial charge in [0.05, 0.1) is 11.7 Å². The molecule has 0 spiro atoms. The third-order valence-corrected chi connectivity index (χ3v) is 5.41. The van der Waals surface area contributed by atoms with Crippen LogP contribution in [0.4, 0.5) is 0 Å². The van der Waals surface area contributed by atoms with Gasteiger partial charge < -0.3 is 5.73 Å². The summed E-state index contributed by atoms with van der Waals surface area (Å²) in [6.45, 7) is 9.22. The van der Waals surface area contributed by atoms with E-state index in [1.165, 1.54) is 31.4 Å². The highest BCUT2D eigenvalue weighted by Gasteiger charge is 2.30.